The van der Waals surface area contributed by atoms with Crippen LogP contribution in [0.25, 0.3) is 10.9 Å². The highest BCUT2D eigenvalue weighted by atomic mass is 14.8. The lowest BCUT2D eigenvalue weighted by Gasteiger charge is -2.07. The van der Waals surface area contributed by atoms with E-state index in [1.54, 1.807) is 0 Å². The fraction of sp³-hybridized carbons (Fsp3) is 0.467. The quantitative estimate of drug-likeness (QED) is 0.832. The molecule has 1 fully saturated rings. The van der Waals surface area contributed by atoms with Crippen molar-refractivity contribution in [1.29, 1.82) is 0 Å². The van der Waals surface area contributed by atoms with E-state index in [1.807, 2.05) is 0 Å². The van der Waals surface area contributed by atoms with Gasteiger partial charge in [-0.15, -0.1) is 0 Å². The minimum atomic E-state index is 0.152. The van der Waals surface area contributed by atoms with Gasteiger partial charge in [-0.1, -0.05) is 11.6 Å². The largest absolute Gasteiger partial charge is 0.358 e. The Labute approximate surface area is 102 Å². The molecule has 0 spiro atoms. The predicted octanol–water partition coefficient (Wildman–Crippen LogP) is 3.21. The van der Waals surface area contributed by atoms with Crippen LogP contribution in [0, 0.1) is 13.8 Å². The predicted molar refractivity (Wildman–Crippen MR) is 72.2 cm³/mol. The second-order valence-electron chi connectivity index (χ2n) is 5.64. The van der Waals surface area contributed by atoms with E-state index in [0.717, 1.165) is 12.8 Å². The van der Waals surface area contributed by atoms with Crippen molar-refractivity contribution in [1.82, 2.24) is 4.98 Å². The number of aromatic nitrogens is 1. The topological polar surface area (TPSA) is 41.8 Å². The Morgan fingerprint density at radius 1 is 1.29 bits per heavy atom. The van der Waals surface area contributed by atoms with E-state index in [1.165, 1.54) is 40.6 Å². The summed E-state index contributed by atoms with van der Waals surface area (Å²) in [5.41, 5.74) is 11.6. The van der Waals surface area contributed by atoms with Crippen molar-refractivity contribution in [3.8, 4) is 0 Å². The van der Waals surface area contributed by atoms with Crippen molar-refractivity contribution in [2.45, 2.75) is 45.1 Å². The summed E-state index contributed by atoms with van der Waals surface area (Å²) in [5, 5.41) is 1.36. The summed E-state index contributed by atoms with van der Waals surface area (Å²) in [6.07, 6.45) is 4.59. The molecule has 1 saturated carbocycles. The average Bonchev–Trinajstić information content (AvgIpc) is 2.95. The molecule has 1 aromatic carbocycles. The van der Waals surface area contributed by atoms with E-state index in [9.17, 15) is 0 Å². The molecule has 1 heterocycles. The molecule has 3 N–H and O–H groups in total. The molecule has 3 rings (SSSR count). The van der Waals surface area contributed by atoms with Gasteiger partial charge in [0.15, 0.2) is 0 Å². The van der Waals surface area contributed by atoms with Gasteiger partial charge < -0.3 is 10.7 Å². The Morgan fingerprint density at radius 2 is 2.06 bits per heavy atom. The number of hydrogen-bond acceptors (Lipinski definition) is 1. The number of fused-ring (bicyclic) bond motifs is 1. The van der Waals surface area contributed by atoms with E-state index >= 15 is 0 Å². The Balaban J connectivity index is 1.91. The molecular formula is C15H20N2. The van der Waals surface area contributed by atoms with E-state index < -0.39 is 0 Å². The van der Waals surface area contributed by atoms with E-state index in [4.69, 9.17) is 5.73 Å². The summed E-state index contributed by atoms with van der Waals surface area (Å²) in [5.74, 6) is 0. The molecule has 0 radical (unpaired) electrons. The summed E-state index contributed by atoms with van der Waals surface area (Å²) in [6, 6.07) is 6.60. The van der Waals surface area contributed by atoms with Crippen LogP contribution in [-0.2, 0) is 6.42 Å². The monoisotopic (exact) mass is 228 g/mol. The van der Waals surface area contributed by atoms with Gasteiger partial charge in [0.05, 0.1) is 0 Å². The summed E-state index contributed by atoms with van der Waals surface area (Å²) in [6.45, 7) is 4.36. The first kappa shape index (κ1) is 10.8. The van der Waals surface area contributed by atoms with Crippen molar-refractivity contribution in [3.63, 3.8) is 0 Å². The van der Waals surface area contributed by atoms with Crippen molar-refractivity contribution in [3.05, 3.63) is 35.0 Å². The van der Waals surface area contributed by atoms with Gasteiger partial charge in [0.1, 0.15) is 0 Å². The van der Waals surface area contributed by atoms with Crippen LogP contribution in [0.5, 0.6) is 0 Å². The first-order chi connectivity index (χ1) is 8.07. The van der Waals surface area contributed by atoms with Crippen molar-refractivity contribution >= 4 is 10.9 Å². The summed E-state index contributed by atoms with van der Waals surface area (Å²) in [7, 11) is 0. The third-order valence-corrected chi connectivity index (χ3v) is 4.08. The first-order valence-electron chi connectivity index (χ1n) is 6.44. The Kier molecular flexibility index (Phi) is 2.30. The van der Waals surface area contributed by atoms with Gasteiger partial charge >= 0.3 is 0 Å². The highest BCUT2D eigenvalue weighted by molar-refractivity contribution is 5.85. The van der Waals surface area contributed by atoms with Crippen LogP contribution in [0.3, 0.4) is 0 Å². The zero-order chi connectivity index (χ0) is 12.0. The fourth-order valence-corrected chi connectivity index (χ4v) is 2.53. The van der Waals surface area contributed by atoms with Crippen molar-refractivity contribution in [2.75, 3.05) is 0 Å². The van der Waals surface area contributed by atoms with E-state index in [-0.39, 0.29) is 5.54 Å². The summed E-state index contributed by atoms with van der Waals surface area (Å²) in [4.78, 5) is 3.54. The number of nitrogens with two attached hydrogens (primary N) is 1. The number of nitrogens with one attached hydrogen (secondary N) is 1. The Hall–Kier alpha value is -1.28. The van der Waals surface area contributed by atoms with Gasteiger partial charge in [-0.2, -0.15) is 0 Å². The molecule has 0 aliphatic heterocycles. The molecule has 2 heteroatoms. The maximum atomic E-state index is 6.15. The zero-order valence-electron chi connectivity index (χ0n) is 10.6. The van der Waals surface area contributed by atoms with Crippen LogP contribution in [0.4, 0.5) is 0 Å². The second-order valence-corrected chi connectivity index (χ2v) is 5.64. The smallest absolute Gasteiger partial charge is 0.0459 e. The second kappa shape index (κ2) is 3.61. The van der Waals surface area contributed by atoms with Gasteiger partial charge in [0.2, 0.25) is 0 Å². The highest BCUT2D eigenvalue weighted by Crippen LogP contribution is 2.37. The SMILES string of the molecule is Cc1ccc2[nH]c(CCC3(N)CC3)c(C)c2c1. The normalized spacial score (nSPS) is 17.6. The number of rotatable bonds is 3. The molecule has 0 amide bonds. The molecule has 1 aliphatic carbocycles. The van der Waals surface area contributed by atoms with Crippen molar-refractivity contribution in [2.24, 2.45) is 5.73 Å². The maximum Gasteiger partial charge on any atom is 0.0459 e. The molecule has 0 atom stereocenters. The molecule has 0 unspecified atom stereocenters. The number of H-pyrrole nitrogens is 1. The van der Waals surface area contributed by atoms with Crippen molar-refractivity contribution < 1.29 is 0 Å². The van der Waals surface area contributed by atoms with Crippen LogP contribution in [0.1, 0.15) is 36.1 Å². The maximum absolute atomic E-state index is 6.15. The third-order valence-electron chi connectivity index (χ3n) is 4.08. The molecule has 0 bridgehead atoms. The highest BCUT2D eigenvalue weighted by Gasteiger charge is 2.37. The molecule has 2 aromatic rings. The molecule has 2 nitrogen and oxygen atoms in total. The molecule has 90 valence electrons. The standard InChI is InChI=1S/C15H20N2/c1-10-3-4-14-12(9-10)11(2)13(17-14)5-6-15(16)7-8-15/h3-4,9,17H,5-8,16H2,1-2H3. The summed E-state index contributed by atoms with van der Waals surface area (Å²) >= 11 is 0. The number of aromatic amines is 1. The minimum Gasteiger partial charge on any atom is -0.358 e. The van der Waals surface area contributed by atoms with Gasteiger partial charge in [-0.25, -0.2) is 0 Å². The number of aryl methyl sites for hydroxylation is 3. The average molecular weight is 228 g/mol. The Bertz CT molecular complexity index is 562. The van der Waals surface area contributed by atoms with Crippen LogP contribution in [0.15, 0.2) is 18.2 Å². The van der Waals surface area contributed by atoms with E-state index in [2.05, 4.69) is 37.0 Å². The number of hydrogen-bond donors (Lipinski definition) is 2. The molecular weight excluding hydrogens is 208 g/mol. The van der Waals surface area contributed by atoms with Crippen LogP contribution in [-0.4, -0.2) is 10.5 Å². The molecule has 1 aromatic heterocycles. The third kappa shape index (κ3) is 1.98. The lowest BCUT2D eigenvalue weighted by molar-refractivity contribution is 0.604. The zero-order valence-corrected chi connectivity index (χ0v) is 10.6. The molecule has 1 aliphatic rings. The Morgan fingerprint density at radius 3 is 2.76 bits per heavy atom. The number of benzene rings is 1. The summed E-state index contributed by atoms with van der Waals surface area (Å²) < 4.78 is 0. The molecule has 17 heavy (non-hydrogen) atoms. The van der Waals surface area contributed by atoms with Crippen LogP contribution in [0.2, 0.25) is 0 Å². The van der Waals surface area contributed by atoms with Crippen LogP contribution >= 0.6 is 0 Å². The van der Waals surface area contributed by atoms with Gasteiger partial charge in [-0.05, 0) is 57.2 Å². The van der Waals surface area contributed by atoms with Gasteiger partial charge in [-0.3, -0.25) is 0 Å². The van der Waals surface area contributed by atoms with Crippen LogP contribution < -0.4 is 5.73 Å². The molecule has 0 saturated heterocycles. The van der Waals surface area contributed by atoms with E-state index in [0.29, 0.717) is 0 Å². The first-order valence-corrected chi connectivity index (χ1v) is 6.44. The fourth-order valence-electron chi connectivity index (χ4n) is 2.53. The minimum absolute atomic E-state index is 0.152. The van der Waals surface area contributed by atoms with Gasteiger partial charge in [0.25, 0.3) is 0 Å². The van der Waals surface area contributed by atoms with Gasteiger partial charge in [0, 0.05) is 22.1 Å². The lowest BCUT2D eigenvalue weighted by atomic mass is 10.0. The lowest BCUT2D eigenvalue weighted by Crippen LogP contribution is -2.22.